The van der Waals surface area contributed by atoms with Gasteiger partial charge in [-0.3, -0.25) is 14.5 Å². The molecule has 0 radical (unpaired) electrons. The molecule has 9 nitrogen and oxygen atoms in total. The monoisotopic (exact) mass is 624 g/mol. The smallest absolute Gasteiger partial charge is 0.251 e. The molecule has 1 amide bonds. The normalized spacial score (nSPS) is 20.1. The van der Waals surface area contributed by atoms with Crippen LogP contribution in [0.1, 0.15) is 67.1 Å². The van der Waals surface area contributed by atoms with Crippen LogP contribution in [0.25, 0.3) is 11.1 Å². The fourth-order valence-corrected chi connectivity index (χ4v) is 6.67. The SMILES string of the molecule is Cn1cc(-c2ccc(C(C(=O)NCc3ccccc3)C3CCC(Cc4ncc(C#N)c(N5CCC(F)(F)CC5)n4)CC3)nc2)cn1. The van der Waals surface area contributed by atoms with Gasteiger partial charge in [-0.15, -0.1) is 0 Å². The number of hydrogen-bond donors (Lipinski definition) is 1. The van der Waals surface area contributed by atoms with Gasteiger partial charge in [-0.25, -0.2) is 18.7 Å². The molecule has 1 saturated carbocycles. The second kappa shape index (κ2) is 13.7. The van der Waals surface area contributed by atoms with Crippen LogP contribution < -0.4 is 10.2 Å². The van der Waals surface area contributed by atoms with Crippen molar-refractivity contribution in [3.63, 3.8) is 0 Å². The molecule has 1 aliphatic carbocycles. The van der Waals surface area contributed by atoms with E-state index in [1.807, 2.05) is 61.9 Å². The largest absolute Gasteiger partial charge is 0.355 e. The molecule has 2 aliphatic rings. The van der Waals surface area contributed by atoms with Crippen LogP contribution in [0.15, 0.2) is 67.3 Å². The maximum Gasteiger partial charge on any atom is 0.251 e. The van der Waals surface area contributed by atoms with E-state index in [2.05, 4.69) is 21.5 Å². The Hall–Kier alpha value is -4.72. The molecule has 1 unspecified atom stereocenters. The molecule has 1 aliphatic heterocycles. The van der Waals surface area contributed by atoms with Gasteiger partial charge in [0.15, 0.2) is 0 Å². The molecule has 1 saturated heterocycles. The fourth-order valence-electron chi connectivity index (χ4n) is 6.67. The highest BCUT2D eigenvalue weighted by Gasteiger charge is 2.36. The summed E-state index contributed by atoms with van der Waals surface area (Å²) in [5.74, 6) is -1.57. The lowest BCUT2D eigenvalue weighted by molar-refractivity contribution is -0.124. The minimum Gasteiger partial charge on any atom is -0.355 e. The van der Waals surface area contributed by atoms with Crippen LogP contribution in [0, 0.1) is 23.2 Å². The van der Waals surface area contributed by atoms with E-state index in [4.69, 9.17) is 9.97 Å². The predicted octanol–water partition coefficient (Wildman–Crippen LogP) is 5.83. The van der Waals surface area contributed by atoms with Crippen molar-refractivity contribution in [1.29, 1.82) is 5.26 Å². The summed E-state index contributed by atoms with van der Waals surface area (Å²) in [5.41, 5.74) is 4.03. The zero-order valence-corrected chi connectivity index (χ0v) is 25.9. The van der Waals surface area contributed by atoms with Gasteiger partial charge >= 0.3 is 0 Å². The number of carbonyl (C=O) groups excluding carboxylic acids is 1. The van der Waals surface area contributed by atoms with Gasteiger partial charge in [0.25, 0.3) is 5.92 Å². The number of aromatic nitrogens is 5. The number of nitrogens with zero attached hydrogens (tertiary/aromatic N) is 7. The van der Waals surface area contributed by atoms with Crippen molar-refractivity contribution >= 4 is 11.7 Å². The van der Waals surface area contributed by atoms with E-state index in [1.165, 1.54) is 6.20 Å². The van der Waals surface area contributed by atoms with E-state index < -0.39 is 5.92 Å². The second-order valence-corrected chi connectivity index (χ2v) is 12.5. The predicted molar refractivity (Wildman–Crippen MR) is 170 cm³/mol. The van der Waals surface area contributed by atoms with Crippen molar-refractivity contribution < 1.29 is 13.6 Å². The number of alkyl halides is 2. The maximum absolute atomic E-state index is 13.8. The van der Waals surface area contributed by atoms with E-state index in [0.717, 1.165) is 48.1 Å². The molecule has 4 heterocycles. The molecule has 238 valence electrons. The lowest BCUT2D eigenvalue weighted by atomic mass is 9.73. The number of rotatable bonds is 9. The highest BCUT2D eigenvalue weighted by molar-refractivity contribution is 5.83. The summed E-state index contributed by atoms with van der Waals surface area (Å²) in [6, 6.07) is 16.0. The number of benzene rings is 1. The molecule has 46 heavy (non-hydrogen) atoms. The number of anilines is 1. The van der Waals surface area contributed by atoms with Crippen molar-refractivity contribution in [3.8, 4) is 17.2 Å². The van der Waals surface area contributed by atoms with Gasteiger partial charge < -0.3 is 10.2 Å². The van der Waals surface area contributed by atoms with Gasteiger partial charge in [-0.05, 0) is 49.1 Å². The quantitative estimate of drug-likeness (QED) is 0.249. The first-order chi connectivity index (χ1) is 22.3. The van der Waals surface area contributed by atoms with Crippen molar-refractivity contribution in [3.05, 3.63) is 89.9 Å². The van der Waals surface area contributed by atoms with E-state index in [-0.39, 0.29) is 43.7 Å². The molecule has 3 aromatic heterocycles. The Labute approximate surface area is 267 Å². The summed E-state index contributed by atoms with van der Waals surface area (Å²) in [5, 5.41) is 17.0. The Bertz CT molecular complexity index is 1670. The van der Waals surface area contributed by atoms with Crippen LogP contribution in [0.3, 0.4) is 0 Å². The number of pyridine rings is 1. The van der Waals surface area contributed by atoms with Gasteiger partial charge in [-0.1, -0.05) is 36.4 Å². The Morgan fingerprint density at radius 3 is 2.43 bits per heavy atom. The van der Waals surface area contributed by atoms with Crippen molar-refractivity contribution in [2.75, 3.05) is 18.0 Å². The maximum atomic E-state index is 13.8. The first-order valence-electron chi connectivity index (χ1n) is 15.9. The zero-order chi connectivity index (χ0) is 32.1. The summed E-state index contributed by atoms with van der Waals surface area (Å²) in [7, 11) is 1.87. The van der Waals surface area contributed by atoms with E-state index in [9.17, 15) is 18.8 Å². The summed E-state index contributed by atoms with van der Waals surface area (Å²) >= 11 is 0. The number of piperidine rings is 1. The molecule has 0 bridgehead atoms. The Balaban J connectivity index is 1.14. The van der Waals surface area contributed by atoms with E-state index in [1.54, 1.807) is 15.8 Å². The minimum absolute atomic E-state index is 0.0268. The van der Waals surface area contributed by atoms with Crippen LogP contribution in [0.2, 0.25) is 0 Å². The highest BCUT2D eigenvalue weighted by Crippen LogP contribution is 2.39. The number of nitriles is 1. The Morgan fingerprint density at radius 1 is 1.02 bits per heavy atom. The summed E-state index contributed by atoms with van der Waals surface area (Å²) < 4.78 is 29.3. The van der Waals surface area contributed by atoms with Crippen LogP contribution in [0.5, 0.6) is 0 Å². The van der Waals surface area contributed by atoms with Gasteiger partial charge in [0.1, 0.15) is 23.3 Å². The van der Waals surface area contributed by atoms with Crippen LogP contribution in [-0.2, 0) is 24.8 Å². The lowest BCUT2D eigenvalue weighted by Gasteiger charge is -2.34. The highest BCUT2D eigenvalue weighted by atomic mass is 19.3. The first kappa shape index (κ1) is 31.3. The molecule has 1 aromatic carbocycles. The van der Waals surface area contributed by atoms with E-state index in [0.29, 0.717) is 36.1 Å². The van der Waals surface area contributed by atoms with E-state index >= 15 is 0 Å². The van der Waals surface area contributed by atoms with Gasteiger partial charge in [-0.2, -0.15) is 10.4 Å². The number of carbonyl (C=O) groups is 1. The van der Waals surface area contributed by atoms with Crippen LogP contribution in [0.4, 0.5) is 14.6 Å². The fraction of sp³-hybridized carbons (Fsp3) is 0.429. The summed E-state index contributed by atoms with van der Waals surface area (Å²) in [6.07, 6.45) is 10.7. The number of hydrogen-bond acceptors (Lipinski definition) is 7. The summed E-state index contributed by atoms with van der Waals surface area (Å²) in [4.78, 5) is 29.5. The molecule has 0 spiro atoms. The molecule has 1 N–H and O–H groups in total. The van der Waals surface area contributed by atoms with Crippen molar-refractivity contribution in [1.82, 2.24) is 30.0 Å². The Kier molecular flexibility index (Phi) is 9.33. The number of nitrogens with one attached hydrogen (secondary N) is 1. The second-order valence-electron chi connectivity index (χ2n) is 12.5. The van der Waals surface area contributed by atoms with Gasteiger partial charge in [0.2, 0.25) is 5.91 Å². The zero-order valence-electron chi connectivity index (χ0n) is 25.9. The number of amides is 1. The third-order valence-electron chi connectivity index (χ3n) is 9.30. The van der Waals surface area contributed by atoms with Gasteiger partial charge in [0, 0.05) is 69.5 Å². The molecule has 2 fully saturated rings. The molecule has 1 atom stereocenters. The van der Waals surface area contributed by atoms with Gasteiger partial charge in [0.05, 0.1) is 24.0 Å². The molecular weight excluding hydrogens is 586 g/mol. The lowest BCUT2D eigenvalue weighted by Crippen LogP contribution is -2.40. The van der Waals surface area contributed by atoms with Crippen molar-refractivity contribution in [2.24, 2.45) is 18.9 Å². The minimum atomic E-state index is -2.68. The molecule has 4 aromatic rings. The third kappa shape index (κ3) is 7.39. The van der Waals surface area contributed by atoms with Crippen LogP contribution >= 0.6 is 0 Å². The number of aryl methyl sites for hydroxylation is 1. The Morgan fingerprint density at radius 2 is 1.78 bits per heavy atom. The molecule has 11 heteroatoms. The average Bonchev–Trinajstić information content (AvgIpc) is 3.51. The van der Waals surface area contributed by atoms with Crippen LogP contribution in [-0.4, -0.2) is 49.7 Å². The van der Waals surface area contributed by atoms with Crippen molar-refractivity contribution in [2.45, 2.75) is 63.3 Å². The average molecular weight is 625 g/mol. The standard InChI is InChI=1S/C35H38F2N8O/c1-44-23-29(22-42-44)27-11-12-30(39-20-27)32(34(46)41-19-25-5-3-2-4-6-25)26-9-7-24(8-10-26)17-31-40-21-28(18-38)33(43-31)45-15-13-35(36,37)14-16-45/h2-6,11-12,20-24,26,32H,7-10,13-17,19H2,1H3,(H,41,46). The topological polar surface area (TPSA) is 113 Å². The third-order valence-corrected chi connectivity index (χ3v) is 9.30. The molecule has 6 rings (SSSR count). The number of halogens is 2. The molecular formula is C35H38F2N8O. The first-order valence-corrected chi connectivity index (χ1v) is 15.9. The summed E-state index contributed by atoms with van der Waals surface area (Å²) in [6.45, 7) is 0.773.